The van der Waals surface area contributed by atoms with Crippen molar-refractivity contribution in [2.75, 3.05) is 6.54 Å². The van der Waals surface area contributed by atoms with Crippen LogP contribution in [0.25, 0.3) is 0 Å². The van der Waals surface area contributed by atoms with Crippen molar-refractivity contribution in [2.24, 2.45) is 13.0 Å². The Morgan fingerprint density at radius 1 is 1.19 bits per heavy atom. The van der Waals surface area contributed by atoms with Crippen LogP contribution in [0.5, 0.6) is 0 Å². The fourth-order valence-electron chi connectivity index (χ4n) is 4.13. The molecule has 2 aliphatic rings. The Hall–Kier alpha value is -1.78. The van der Waals surface area contributed by atoms with Crippen LogP contribution in [-0.4, -0.2) is 44.8 Å². The Bertz CT molecular complexity index is 644. The highest BCUT2D eigenvalue weighted by Crippen LogP contribution is 2.30. The van der Waals surface area contributed by atoms with Gasteiger partial charge in [-0.2, -0.15) is 0 Å². The second kappa shape index (κ2) is 8.94. The molecule has 3 rings (SSSR count). The predicted molar refractivity (Wildman–Crippen MR) is 107 cm³/mol. The first-order chi connectivity index (χ1) is 13.0. The maximum Gasteiger partial charge on any atom is 0.242 e. The van der Waals surface area contributed by atoms with Crippen molar-refractivity contribution in [1.29, 1.82) is 0 Å². The molecule has 2 aliphatic carbocycles. The third-order valence-corrected chi connectivity index (χ3v) is 6.36. The van der Waals surface area contributed by atoms with Crippen molar-refractivity contribution in [3.8, 4) is 0 Å². The molecule has 5 heteroatoms. The van der Waals surface area contributed by atoms with Crippen molar-refractivity contribution in [1.82, 2.24) is 14.4 Å². The number of hydrogen-bond acceptors (Lipinski definition) is 2. The first-order valence-corrected chi connectivity index (χ1v) is 10.7. The van der Waals surface area contributed by atoms with Gasteiger partial charge in [-0.15, -0.1) is 0 Å². The summed E-state index contributed by atoms with van der Waals surface area (Å²) < 4.78 is 2.07. The van der Waals surface area contributed by atoms with Gasteiger partial charge in [-0.3, -0.25) is 9.59 Å². The van der Waals surface area contributed by atoms with Gasteiger partial charge in [0.1, 0.15) is 6.54 Å². The van der Waals surface area contributed by atoms with E-state index in [1.807, 2.05) is 29.1 Å². The summed E-state index contributed by atoms with van der Waals surface area (Å²) in [5.74, 6) is 0.415. The summed E-state index contributed by atoms with van der Waals surface area (Å²) in [6.07, 6.45) is 10.5. The van der Waals surface area contributed by atoms with E-state index in [-0.39, 0.29) is 30.3 Å². The molecule has 0 bridgehead atoms. The normalized spacial score (nSPS) is 18.9. The zero-order valence-electron chi connectivity index (χ0n) is 17.2. The van der Waals surface area contributed by atoms with Crippen LogP contribution in [0.15, 0.2) is 18.3 Å². The van der Waals surface area contributed by atoms with E-state index in [1.54, 1.807) is 0 Å². The number of aryl methyl sites for hydroxylation is 1. The monoisotopic (exact) mass is 373 g/mol. The molecular formula is C22H35N3O2. The van der Waals surface area contributed by atoms with E-state index in [2.05, 4.69) is 24.5 Å². The van der Waals surface area contributed by atoms with E-state index in [0.717, 1.165) is 50.6 Å². The second-order valence-electron chi connectivity index (χ2n) is 8.42. The predicted octanol–water partition coefficient (Wildman–Crippen LogP) is 3.72. The van der Waals surface area contributed by atoms with E-state index in [1.165, 1.54) is 6.42 Å². The van der Waals surface area contributed by atoms with Crippen LogP contribution in [-0.2, 0) is 23.2 Å². The van der Waals surface area contributed by atoms with Gasteiger partial charge in [-0.25, -0.2) is 0 Å². The maximum absolute atomic E-state index is 13.2. The van der Waals surface area contributed by atoms with Gasteiger partial charge >= 0.3 is 0 Å². The molecule has 1 aromatic heterocycles. The maximum atomic E-state index is 13.2. The summed E-state index contributed by atoms with van der Waals surface area (Å²) in [5.41, 5.74) is 1.14. The number of nitrogens with zero attached hydrogens (tertiary/aromatic N) is 3. The molecule has 2 amide bonds. The van der Waals surface area contributed by atoms with Gasteiger partial charge in [0.15, 0.2) is 0 Å². The highest BCUT2D eigenvalue weighted by molar-refractivity contribution is 5.86. The average molecular weight is 374 g/mol. The summed E-state index contributed by atoms with van der Waals surface area (Å²) in [4.78, 5) is 30.2. The van der Waals surface area contributed by atoms with Crippen LogP contribution in [0.3, 0.4) is 0 Å². The molecule has 0 radical (unpaired) electrons. The summed E-state index contributed by atoms with van der Waals surface area (Å²) in [6.45, 7) is 5.04. The summed E-state index contributed by atoms with van der Waals surface area (Å²) in [7, 11) is 2.02. The summed E-state index contributed by atoms with van der Waals surface area (Å²) in [6, 6.07) is 4.54. The van der Waals surface area contributed by atoms with E-state index in [9.17, 15) is 9.59 Å². The Labute approximate surface area is 163 Å². The molecule has 0 saturated heterocycles. The third-order valence-electron chi connectivity index (χ3n) is 6.36. The largest absolute Gasteiger partial charge is 0.353 e. The lowest BCUT2D eigenvalue weighted by atomic mass is 9.88. The zero-order valence-corrected chi connectivity index (χ0v) is 17.2. The third kappa shape index (κ3) is 4.94. The highest BCUT2D eigenvalue weighted by atomic mass is 16.2. The van der Waals surface area contributed by atoms with Gasteiger partial charge in [0.2, 0.25) is 11.8 Å². The Morgan fingerprint density at radius 3 is 2.44 bits per heavy atom. The van der Waals surface area contributed by atoms with Crippen molar-refractivity contribution >= 4 is 11.8 Å². The molecule has 0 aliphatic heterocycles. The molecule has 1 aromatic rings. The van der Waals surface area contributed by atoms with Crippen LogP contribution in [0.1, 0.15) is 70.9 Å². The molecule has 0 N–H and O–H groups in total. The molecule has 0 spiro atoms. The van der Waals surface area contributed by atoms with Crippen LogP contribution < -0.4 is 0 Å². The molecule has 150 valence electrons. The van der Waals surface area contributed by atoms with E-state index >= 15 is 0 Å². The number of carbonyl (C=O) groups is 2. The van der Waals surface area contributed by atoms with Crippen molar-refractivity contribution in [3.05, 3.63) is 24.0 Å². The first-order valence-electron chi connectivity index (χ1n) is 10.7. The van der Waals surface area contributed by atoms with E-state index in [0.29, 0.717) is 12.6 Å². The quantitative estimate of drug-likeness (QED) is 0.697. The topological polar surface area (TPSA) is 45.6 Å². The number of hydrogen-bond donors (Lipinski definition) is 0. The lowest BCUT2D eigenvalue weighted by Crippen LogP contribution is -2.49. The van der Waals surface area contributed by atoms with Gasteiger partial charge in [-0.05, 0) is 51.2 Å². The fraction of sp³-hybridized carbons (Fsp3) is 0.727. The lowest BCUT2D eigenvalue weighted by molar-refractivity contribution is -0.146. The van der Waals surface area contributed by atoms with Crippen molar-refractivity contribution in [3.63, 3.8) is 0 Å². The Balaban J connectivity index is 1.70. The second-order valence-corrected chi connectivity index (χ2v) is 8.42. The van der Waals surface area contributed by atoms with Crippen LogP contribution >= 0.6 is 0 Å². The lowest BCUT2D eigenvalue weighted by Gasteiger charge is -2.34. The molecule has 0 unspecified atom stereocenters. The smallest absolute Gasteiger partial charge is 0.242 e. The van der Waals surface area contributed by atoms with E-state index < -0.39 is 0 Å². The molecule has 27 heavy (non-hydrogen) atoms. The van der Waals surface area contributed by atoms with Gasteiger partial charge in [-0.1, -0.05) is 26.2 Å². The number of amides is 2. The first kappa shape index (κ1) is 20.0. The molecular weight excluding hydrogens is 338 g/mol. The number of carbonyl (C=O) groups excluding carboxylic acids is 2. The van der Waals surface area contributed by atoms with Gasteiger partial charge in [0, 0.05) is 36.9 Å². The van der Waals surface area contributed by atoms with Crippen LogP contribution in [0, 0.1) is 5.92 Å². The van der Waals surface area contributed by atoms with Crippen molar-refractivity contribution in [2.45, 2.75) is 83.8 Å². The SMILES string of the molecule is CC[C@@H](C)N(CC(=O)N(Cc1cccn1C)C1CC1)C(=O)C1CCCCC1. The summed E-state index contributed by atoms with van der Waals surface area (Å²) in [5, 5.41) is 0. The van der Waals surface area contributed by atoms with Gasteiger partial charge < -0.3 is 14.4 Å². The minimum Gasteiger partial charge on any atom is -0.353 e. The summed E-state index contributed by atoms with van der Waals surface area (Å²) >= 11 is 0. The van der Waals surface area contributed by atoms with Gasteiger partial charge in [0.05, 0.1) is 6.54 Å². The minimum atomic E-state index is 0.100. The molecule has 2 saturated carbocycles. The molecule has 1 atom stereocenters. The zero-order chi connectivity index (χ0) is 19.4. The number of rotatable bonds is 8. The van der Waals surface area contributed by atoms with E-state index in [4.69, 9.17) is 0 Å². The Kier molecular flexibility index (Phi) is 6.61. The van der Waals surface area contributed by atoms with Crippen molar-refractivity contribution < 1.29 is 9.59 Å². The molecule has 2 fully saturated rings. The Morgan fingerprint density at radius 2 is 1.89 bits per heavy atom. The molecule has 1 heterocycles. The van der Waals surface area contributed by atoms with Crippen LogP contribution in [0.2, 0.25) is 0 Å². The minimum absolute atomic E-state index is 0.100. The van der Waals surface area contributed by atoms with Crippen LogP contribution in [0.4, 0.5) is 0 Å². The standard InChI is InChI=1S/C22H35N3O2/c1-4-17(2)24(22(27)18-9-6-5-7-10-18)16-21(26)25(19-12-13-19)15-20-11-8-14-23(20)3/h8,11,14,17-19H,4-7,9-10,12-13,15-16H2,1-3H3/t17-/m1/s1. The average Bonchev–Trinajstić information content (AvgIpc) is 3.45. The van der Waals surface area contributed by atoms with Gasteiger partial charge in [0.25, 0.3) is 0 Å². The molecule has 0 aromatic carbocycles. The molecule has 5 nitrogen and oxygen atoms in total. The number of aromatic nitrogens is 1. The fourth-order valence-corrected chi connectivity index (χ4v) is 4.13. The highest BCUT2D eigenvalue weighted by Gasteiger charge is 2.36.